The molecule has 3 nitrogen and oxygen atoms in total. The van der Waals surface area contributed by atoms with Crippen LogP contribution in [0.1, 0.15) is 23.6 Å². The number of hydrogen-bond donors (Lipinski definition) is 1. The molecule has 0 unspecified atom stereocenters. The summed E-state index contributed by atoms with van der Waals surface area (Å²) in [5.74, 6) is 0.325. The lowest BCUT2D eigenvalue weighted by atomic mass is 10.1. The predicted octanol–water partition coefficient (Wildman–Crippen LogP) is 4.59. The van der Waals surface area contributed by atoms with Crippen molar-refractivity contribution < 1.29 is 22.7 Å². The Morgan fingerprint density at radius 1 is 1.12 bits per heavy atom. The molecule has 2 rings (SSSR count). The van der Waals surface area contributed by atoms with E-state index in [1.165, 1.54) is 19.1 Å². The minimum atomic E-state index is -4.44. The Balaban J connectivity index is 2.04. The van der Waals surface area contributed by atoms with Crippen LogP contribution in [0.4, 0.5) is 18.9 Å². The Labute approximate surface area is 138 Å². The molecular weight excluding hydrogens is 319 g/mol. The smallest absolute Gasteiger partial charge is 0.416 e. The number of halogens is 3. The molecule has 1 amide bonds. The van der Waals surface area contributed by atoms with E-state index in [1.807, 2.05) is 6.92 Å². The lowest BCUT2D eigenvalue weighted by Gasteiger charge is -2.13. The highest BCUT2D eigenvalue weighted by Crippen LogP contribution is 2.33. The van der Waals surface area contributed by atoms with Crippen LogP contribution in [-0.2, 0) is 17.4 Å². The number of nitrogens with one attached hydrogen (secondary N) is 1. The topological polar surface area (TPSA) is 38.3 Å². The highest BCUT2D eigenvalue weighted by molar-refractivity contribution is 5.92. The molecule has 6 heteroatoms. The average Bonchev–Trinajstić information content (AvgIpc) is 2.50. The first-order valence-electron chi connectivity index (χ1n) is 7.49. The number of amides is 1. The first-order chi connectivity index (χ1) is 11.3. The van der Waals surface area contributed by atoms with Gasteiger partial charge in [-0.1, -0.05) is 18.2 Å². The van der Waals surface area contributed by atoms with Crippen LogP contribution in [0.3, 0.4) is 0 Å². The van der Waals surface area contributed by atoms with Gasteiger partial charge in [-0.15, -0.1) is 0 Å². The summed E-state index contributed by atoms with van der Waals surface area (Å²) in [4.78, 5) is 12.0. The molecule has 2 aromatic carbocycles. The summed E-state index contributed by atoms with van der Waals surface area (Å²) < 4.78 is 44.0. The molecule has 0 spiro atoms. The van der Waals surface area contributed by atoms with Crippen molar-refractivity contribution in [3.05, 3.63) is 59.2 Å². The fourth-order valence-electron chi connectivity index (χ4n) is 2.27. The van der Waals surface area contributed by atoms with Gasteiger partial charge in [-0.25, -0.2) is 0 Å². The van der Waals surface area contributed by atoms with Crippen molar-refractivity contribution in [3.8, 4) is 5.75 Å². The predicted molar refractivity (Wildman–Crippen MR) is 86.1 cm³/mol. The second kappa shape index (κ2) is 7.38. The summed E-state index contributed by atoms with van der Waals surface area (Å²) in [6.45, 7) is 3.81. The first-order valence-corrected chi connectivity index (χ1v) is 7.49. The standard InChI is InChI=1S/C18H18F3NO2/c1-3-24-15-8-5-13(6-9-15)10-17(23)22-14-7-4-12(2)16(11-14)18(19,20)21/h4-9,11H,3,10H2,1-2H3,(H,22,23). The van der Waals surface area contributed by atoms with Crippen molar-refractivity contribution in [2.24, 2.45) is 0 Å². The normalized spacial score (nSPS) is 11.2. The SMILES string of the molecule is CCOc1ccc(CC(=O)Nc2ccc(C)c(C(F)(F)F)c2)cc1. The molecule has 2 aromatic rings. The van der Waals surface area contributed by atoms with E-state index in [9.17, 15) is 18.0 Å². The van der Waals surface area contributed by atoms with E-state index in [-0.39, 0.29) is 23.6 Å². The zero-order chi connectivity index (χ0) is 17.7. The van der Waals surface area contributed by atoms with Crippen molar-refractivity contribution >= 4 is 11.6 Å². The maximum absolute atomic E-state index is 12.9. The van der Waals surface area contributed by atoms with Crippen LogP contribution in [0.15, 0.2) is 42.5 Å². The van der Waals surface area contributed by atoms with Crippen molar-refractivity contribution in [2.45, 2.75) is 26.4 Å². The molecule has 0 heterocycles. The summed E-state index contributed by atoms with van der Waals surface area (Å²) >= 11 is 0. The molecule has 0 saturated carbocycles. The number of hydrogen-bond acceptors (Lipinski definition) is 2. The summed E-state index contributed by atoms with van der Waals surface area (Å²) in [7, 11) is 0. The average molecular weight is 337 g/mol. The molecule has 0 aromatic heterocycles. The minimum Gasteiger partial charge on any atom is -0.494 e. The molecule has 0 saturated heterocycles. The highest BCUT2D eigenvalue weighted by Gasteiger charge is 2.32. The monoisotopic (exact) mass is 337 g/mol. The molecule has 0 aliphatic rings. The molecule has 0 aliphatic carbocycles. The summed E-state index contributed by atoms with van der Waals surface area (Å²) in [5, 5.41) is 2.50. The molecule has 24 heavy (non-hydrogen) atoms. The molecule has 128 valence electrons. The van der Waals surface area contributed by atoms with Crippen molar-refractivity contribution in [2.75, 3.05) is 11.9 Å². The minimum absolute atomic E-state index is 0.0711. The molecule has 0 aliphatic heterocycles. The van der Waals surface area contributed by atoms with Crippen LogP contribution in [0.5, 0.6) is 5.75 Å². The Bertz CT molecular complexity index is 709. The van der Waals surface area contributed by atoms with Gasteiger partial charge in [-0.3, -0.25) is 4.79 Å². The Hall–Kier alpha value is -2.50. The van der Waals surface area contributed by atoms with Gasteiger partial charge in [0, 0.05) is 5.69 Å². The zero-order valence-electron chi connectivity index (χ0n) is 13.4. The van der Waals surface area contributed by atoms with Gasteiger partial charge in [0.25, 0.3) is 0 Å². The number of alkyl halides is 3. The molecule has 0 radical (unpaired) electrons. The van der Waals surface area contributed by atoms with E-state index in [0.717, 1.165) is 11.6 Å². The number of carbonyl (C=O) groups is 1. The number of carbonyl (C=O) groups excluding carboxylic acids is 1. The molecule has 0 fully saturated rings. The third-order valence-electron chi connectivity index (χ3n) is 3.43. The second-order valence-corrected chi connectivity index (χ2v) is 5.33. The van der Waals surface area contributed by atoms with Gasteiger partial charge < -0.3 is 10.1 Å². The van der Waals surface area contributed by atoms with Crippen molar-refractivity contribution in [3.63, 3.8) is 0 Å². The lowest BCUT2D eigenvalue weighted by molar-refractivity contribution is -0.138. The highest BCUT2D eigenvalue weighted by atomic mass is 19.4. The van der Waals surface area contributed by atoms with Gasteiger partial charge in [0.05, 0.1) is 18.6 Å². The van der Waals surface area contributed by atoms with Gasteiger partial charge in [0.1, 0.15) is 5.75 Å². The van der Waals surface area contributed by atoms with Crippen molar-refractivity contribution in [1.29, 1.82) is 0 Å². The number of rotatable bonds is 5. The van der Waals surface area contributed by atoms with E-state index >= 15 is 0 Å². The van der Waals surface area contributed by atoms with E-state index in [2.05, 4.69) is 5.32 Å². The number of anilines is 1. The molecule has 0 atom stereocenters. The fraction of sp³-hybridized carbons (Fsp3) is 0.278. The zero-order valence-corrected chi connectivity index (χ0v) is 13.4. The number of aryl methyl sites for hydroxylation is 1. The van der Waals surface area contributed by atoms with E-state index in [0.29, 0.717) is 12.4 Å². The fourth-order valence-corrected chi connectivity index (χ4v) is 2.27. The van der Waals surface area contributed by atoms with Gasteiger partial charge in [0.2, 0.25) is 5.91 Å². The quantitative estimate of drug-likeness (QED) is 0.866. The van der Waals surface area contributed by atoms with Gasteiger partial charge in [-0.05, 0) is 49.2 Å². The Morgan fingerprint density at radius 3 is 2.38 bits per heavy atom. The largest absolute Gasteiger partial charge is 0.494 e. The number of ether oxygens (including phenoxy) is 1. The van der Waals surface area contributed by atoms with E-state index < -0.39 is 11.7 Å². The van der Waals surface area contributed by atoms with Crippen LogP contribution in [0.25, 0.3) is 0 Å². The summed E-state index contributed by atoms with van der Waals surface area (Å²) in [6, 6.07) is 10.8. The summed E-state index contributed by atoms with van der Waals surface area (Å²) in [5.41, 5.74) is 0.247. The van der Waals surface area contributed by atoms with Gasteiger partial charge >= 0.3 is 6.18 Å². The Morgan fingerprint density at radius 2 is 1.79 bits per heavy atom. The maximum atomic E-state index is 12.9. The van der Waals surface area contributed by atoms with Gasteiger partial charge in [-0.2, -0.15) is 13.2 Å². The van der Waals surface area contributed by atoms with Crippen LogP contribution < -0.4 is 10.1 Å². The van der Waals surface area contributed by atoms with E-state index in [4.69, 9.17) is 4.74 Å². The van der Waals surface area contributed by atoms with E-state index in [1.54, 1.807) is 24.3 Å². The van der Waals surface area contributed by atoms with Crippen LogP contribution in [0, 0.1) is 6.92 Å². The second-order valence-electron chi connectivity index (χ2n) is 5.33. The number of benzene rings is 2. The van der Waals surface area contributed by atoms with Crippen LogP contribution in [-0.4, -0.2) is 12.5 Å². The first kappa shape index (κ1) is 17.8. The van der Waals surface area contributed by atoms with Crippen LogP contribution in [0.2, 0.25) is 0 Å². The maximum Gasteiger partial charge on any atom is 0.416 e. The lowest BCUT2D eigenvalue weighted by Crippen LogP contribution is -2.15. The molecule has 0 bridgehead atoms. The van der Waals surface area contributed by atoms with Gasteiger partial charge in [0.15, 0.2) is 0 Å². The third-order valence-corrected chi connectivity index (χ3v) is 3.43. The van der Waals surface area contributed by atoms with Crippen LogP contribution >= 0.6 is 0 Å². The summed E-state index contributed by atoms with van der Waals surface area (Å²) in [6.07, 6.45) is -4.37. The molecular formula is C18H18F3NO2. The third kappa shape index (κ3) is 4.75. The Kier molecular flexibility index (Phi) is 5.49. The molecule has 1 N–H and O–H groups in total. The van der Waals surface area contributed by atoms with Crippen molar-refractivity contribution in [1.82, 2.24) is 0 Å².